The summed E-state index contributed by atoms with van der Waals surface area (Å²) in [5.41, 5.74) is -0.112. The highest BCUT2D eigenvalue weighted by Gasteiger charge is 2.08. The maximum Gasteiger partial charge on any atom is 0.355 e. The number of carboxylic acid groups (broad SMARTS) is 1. The lowest BCUT2D eigenvalue weighted by atomic mass is 10.4. The first kappa shape index (κ1) is 10.6. The van der Waals surface area contributed by atoms with Gasteiger partial charge in [-0.05, 0) is 6.07 Å². The molecule has 0 bridgehead atoms. The molecule has 2 aromatic heterocycles. The molecule has 0 unspecified atom stereocenters. The predicted molar refractivity (Wildman–Crippen MR) is 58.9 cm³/mol. The maximum atomic E-state index is 11.4. The molecule has 0 amide bonds. The molecule has 0 atom stereocenters. The molecule has 0 fully saturated rings. The molecule has 0 aromatic carbocycles. The van der Waals surface area contributed by atoms with Gasteiger partial charge in [0.15, 0.2) is 5.69 Å². The van der Waals surface area contributed by atoms with Gasteiger partial charge in [0.2, 0.25) is 0 Å². The molecule has 0 aliphatic carbocycles. The van der Waals surface area contributed by atoms with Crippen molar-refractivity contribution < 1.29 is 9.90 Å². The summed E-state index contributed by atoms with van der Waals surface area (Å²) < 4.78 is 1.48. The quantitative estimate of drug-likeness (QED) is 0.864. The second-order valence-electron chi connectivity index (χ2n) is 3.10. The lowest BCUT2D eigenvalue weighted by Crippen LogP contribution is -2.18. The van der Waals surface area contributed by atoms with E-state index in [1.165, 1.54) is 27.4 Å². The van der Waals surface area contributed by atoms with Gasteiger partial charge in [-0.3, -0.25) is 4.79 Å². The molecule has 1 N–H and O–H groups in total. The van der Waals surface area contributed by atoms with Crippen LogP contribution < -0.4 is 5.56 Å². The van der Waals surface area contributed by atoms with Gasteiger partial charge >= 0.3 is 5.97 Å². The summed E-state index contributed by atoms with van der Waals surface area (Å²) in [5, 5.41) is 10.8. The van der Waals surface area contributed by atoms with Gasteiger partial charge in [0.05, 0.1) is 6.54 Å². The summed E-state index contributed by atoms with van der Waals surface area (Å²) in [5.74, 6) is -1.05. The van der Waals surface area contributed by atoms with Gasteiger partial charge in [-0.25, -0.2) is 9.78 Å². The van der Waals surface area contributed by atoms with Gasteiger partial charge in [-0.2, -0.15) is 0 Å². The maximum absolute atomic E-state index is 11.4. The van der Waals surface area contributed by atoms with Crippen LogP contribution in [0.15, 0.2) is 34.6 Å². The number of aromatic nitrogens is 2. The van der Waals surface area contributed by atoms with Gasteiger partial charge in [0, 0.05) is 17.6 Å². The zero-order chi connectivity index (χ0) is 11.5. The summed E-state index contributed by atoms with van der Waals surface area (Å²) in [6.45, 7) is 0.303. The SMILES string of the molecule is O=C(O)c1csc(Cn2ccccc2=O)n1. The molecule has 2 aromatic rings. The highest BCUT2D eigenvalue weighted by Crippen LogP contribution is 2.10. The van der Waals surface area contributed by atoms with Crippen LogP contribution in [-0.4, -0.2) is 20.6 Å². The van der Waals surface area contributed by atoms with Crippen LogP contribution in [0.25, 0.3) is 0 Å². The third-order valence-corrected chi connectivity index (χ3v) is 2.81. The third-order valence-electron chi connectivity index (χ3n) is 1.98. The van der Waals surface area contributed by atoms with Crippen LogP contribution in [0.3, 0.4) is 0 Å². The summed E-state index contributed by atoms with van der Waals surface area (Å²) in [7, 11) is 0. The van der Waals surface area contributed by atoms with Crippen molar-refractivity contribution in [2.45, 2.75) is 6.54 Å². The van der Waals surface area contributed by atoms with Crippen molar-refractivity contribution in [3.8, 4) is 0 Å². The first-order valence-electron chi connectivity index (χ1n) is 4.50. The van der Waals surface area contributed by atoms with E-state index in [1.807, 2.05) is 0 Å². The van der Waals surface area contributed by atoms with Gasteiger partial charge in [0.25, 0.3) is 5.56 Å². The van der Waals surface area contributed by atoms with Crippen LogP contribution in [-0.2, 0) is 6.54 Å². The monoisotopic (exact) mass is 236 g/mol. The summed E-state index contributed by atoms with van der Waals surface area (Å²) in [6.07, 6.45) is 1.64. The van der Waals surface area contributed by atoms with Crippen LogP contribution in [0.2, 0.25) is 0 Å². The standard InChI is InChI=1S/C10H8N2O3S/c13-9-3-1-2-4-12(9)5-8-11-7(6-16-8)10(14)15/h1-4,6H,5H2,(H,14,15). The highest BCUT2D eigenvalue weighted by molar-refractivity contribution is 7.09. The van der Waals surface area contributed by atoms with Crippen LogP contribution in [0.4, 0.5) is 0 Å². The largest absolute Gasteiger partial charge is 0.476 e. The number of carbonyl (C=O) groups is 1. The molecule has 5 nitrogen and oxygen atoms in total. The van der Waals surface area contributed by atoms with Crippen molar-refractivity contribution in [3.63, 3.8) is 0 Å². The second-order valence-corrected chi connectivity index (χ2v) is 4.04. The smallest absolute Gasteiger partial charge is 0.355 e. The number of aromatic carboxylic acids is 1. The van der Waals surface area contributed by atoms with Gasteiger partial charge < -0.3 is 9.67 Å². The number of carboxylic acids is 1. The average Bonchev–Trinajstić information content (AvgIpc) is 2.70. The molecule has 0 saturated carbocycles. The van der Waals surface area contributed by atoms with E-state index in [0.29, 0.717) is 11.6 Å². The minimum Gasteiger partial charge on any atom is -0.476 e. The zero-order valence-corrected chi connectivity index (χ0v) is 8.98. The first-order chi connectivity index (χ1) is 7.66. The molecule has 2 heterocycles. The van der Waals surface area contributed by atoms with Crippen LogP contribution in [0.1, 0.15) is 15.5 Å². The Bertz CT molecular complexity index is 573. The molecule has 0 spiro atoms. The van der Waals surface area contributed by atoms with Crippen molar-refractivity contribution in [1.29, 1.82) is 0 Å². The fourth-order valence-corrected chi connectivity index (χ4v) is 1.98. The second kappa shape index (κ2) is 4.28. The molecular formula is C10H8N2O3S. The molecule has 6 heteroatoms. The van der Waals surface area contributed by atoms with Crippen molar-refractivity contribution in [2.24, 2.45) is 0 Å². The normalized spacial score (nSPS) is 10.2. The number of thiazole rings is 1. The molecular weight excluding hydrogens is 228 g/mol. The average molecular weight is 236 g/mol. The van der Waals surface area contributed by atoms with Gasteiger partial charge in [-0.1, -0.05) is 6.07 Å². The lowest BCUT2D eigenvalue weighted by molar-refractivity contribution is 0.0691. The Morgan fingerprint density at radius 2 is 2.31 bits per heavy atom. The predicted octanol–water partition coefficient (Wildman–Crippen LogP) is 1.05. The Kier molecular flexibility index (Phi) is 2.82. The summed E-state index contributed by atoms with van der Waals surface area (Å²) >= 11 is 1.23. The minimum atomic E-state index is -1.05. The summed E-state index contributed by atoms with van der Waals surface area (Å²) in [4.78, 5) is 25.9. The molecule has 0 aliphatic heterocycles. The van der Waals surface area contributed by atoms with E-state index >= 15 is 0 Å². The molecule has 16 heavy (non-hydrogen) atoms. The van der Waals surface area contributed by atoms with Crippen molar-refractivity contribution in [3.05, 3.63) is 50.8 Å². The number of hydrogen-bond donors (Lipinski definition) is 1. The van der Waals surface area contributed by atoms with E-state index in [4.69, 9.17) is 5.11 Å². The Hall–Kier alpha value is -1.95. The summed E-state index contributed by atoms with van der Waals surface area (Å²) in [6, 6.07) is 4.85. The first-order valence-corrected chi connectivity index (χ1v) is 5.38. The topological polar surface area (TPSA) is 72.2 Å². The van der Waals surface area contributed by atoms with E-state index < -0.39 is 5.97 Å². The van der Waals surface area contributed by atoms with Crippen molar-refractivity contribution in [2.75, 3.05) is 0 Å². The van der Waals surface area contributed by atoms with Crippen LogP contribution in [0.5, 0.6) is 0 Å². The van der Waals surface area contributed by atoms with E-state index in [1.54, 1.807) is 18.3 Å². The van der Waals surface area contributed by atoms with Crippen molar-refractivity contribution >= 4 is 17.3 Å². The number of pyridine rings is 1. The highest BCUT2D eigenvalue weighted by atomic mass is 32.1. The zero-order valence-electron chi connectivity index (χ0n) is 8.16. The fourth-order valence-electron chi connectivity index (χ4n) is 1.22. The number of hydrogen-bond acceptors (Lipinski definition) is 4. The van der Waals surface area contributed by atoms with Crippen LogP contribution >= 0.6 is 11.3 Å². The van der Waals surface area contributed by atoms with E-state index in [9.17, 15) is 9.59 Å². The Balaban J connectivity index is 2.24. The van der Waals surface area contributed by atoms with Crippen LogP contribution in [0, 0.1) is 0 Å². The van der Waals surface area contributed by atoms with Gasteiger partial charge in [-0.15, -0.1) is 11.3 Å². The molecule has 0 radical (unpaired) electrons. The Labute approximate surface area is 94.6 Å². The molecule has 82 valence electrons. The van der Waals surface area contributed by atoms with Gasteiger partial charge in [0.1, 0.15) is 5.01 Å². The van der Waals surface area contributed by atoms with E-state index in [2.05, 4.69) is 4.98 Å². The third kappa shape index (κ3) is 2.17. The Morgan fingerprint density at radius 3 is 2.94 bits per heavy atom. The minimum absolute atomic E-state index is 0.0176. The number of nitrogens with zero attached hydrogens (tertiary/aromatic N) is 2. The number of rotatable bonds is 3. The van der Waals surface area contributed by atoms with E-state index in [-0.39, 0.29) is 11.3 Å². The Morgan fingerprint density at radius 1 is 1.50 bits per heavy atom. The lowest BCUT2D eigenvalue weighted by Gasteiger charge is -2.00. The van der Waals surface area contributed by atoms with E-state index in [0.717, 1.165) is 0 Å². The molecule has 0 aliphatic rings. The molecule has 0 saturated heterocycles. The molecule has 2 rings (SSSR count). The van der Waals surface area contributed by atoms with Crippen molar-refractivity contribution in [1.82, 2.24) is 9.55 Å². The fraction of sp³-hybridized carbons (Fsp3) is 0.100.